The SMILES string of the molecule is CCCCCCCCCCCCCc1ccc(C[Si](Cl)(Cc2ccc(CCCCCCCCCCCCC)cc2)Cc2ccc(CCCCCCCCCCCCC)cc2)cc1. The van der Waals surface area contributed by atoms with Crippen LogP contribution in [0.3, 0.4) is 0 Å². The van der Waals surface area contributed by atoms with Crippen LogP contribution in [0.2, 0.25) is 0 Å². The molecule has 0 aliphatic heterocycles. The fourth-order valence-corrected chi connectivity index (χ4v) is 14.4. The van der Waals surface area contributed by atoms with Crippen LogP contribution in [0.25, 0.3) is 0 Å². The van der Waals surface area contributed by atoms with Crippen LogP contribution in [-0.4, -0.2) is 7.38 Å². The third-order valence-electron chi connectivity index (χ3n) is 13.8. The summed E-state index contributed by atoms with van der Waals surface area (Å²) < 4.78 is 0. The number of benzene rings is 3. The highest BCUT2D eigenvalue weighted by molar-refractivity contribution is 7.19. The van der Waals surface area contributed by atoms with E-state index in [1.165, 1.54) is 265 Å². The highest BCUT2D eigenvalue weighted by Crippen LogP contribution is 2.28. The minimum absolute atomic E-state index is 1.02. The topological polar surface area (TPSA) is 0 Å². The number of hydrogen-bond acceptors (Lipinski definition) is 0. The molecule has 0 saturated carbocycles. The first-order valence-corrected chi connectivity index (χ1v) is 31.1. The molecule has 0 spiro atoms. The molecule has 0 radical (unpaired) electrons. The molecule has 3 aromatic carbocycles. The first-order valence-electron chi connectivity index (χ1n) is 27.5. The van der Waals surface area contributed by atoms with E-state index < -0.39 is 7.38 Å². The zero-order chi connectivity index (χ0) is 44.0. The highest BCUT2D eigenvalue weighted by Gasteiger charge is 2.32. The van der Waals surface area contributed by atoms with Gasteiger partial charge in [0.05, 0.1) is 0 Å². The van der Waals surface area contributed by atoms with Crippen molar-refractivity contribution in [2.75, 3.05) is 0 Å². The predicted molar refractivity (Wildman–Crippen MR) is 283 cm³/mol. The summed E-state index contributed by atoms with van der Waals surface area (Å²) in [5.74, 6) is 0. The van der Waals surface area contributed by atoms with Gasteiger partial charge < -0.3 is 0 Å². The maximum atomic E-state index is 7.96. The Kier molecular flexibility index (Phi) is 32.9. The number of unbranched alkanes of at least 4 members (excludes halogenated alkanes) is 30. The zero-order valence-electron chi connectivity index (χ0n) is 41.4. The van der Waals surface area contributed by atoms with Crippen molar-refractivity contribution in [3.05, 3.63) is 106 Å². The van der Waals surface area contributed by atoms with Gasteiger partial charge in [0.2, 0.25) is 0 Å². The molecule has 0 heterocycles. The Bertz CT molecular complexity index is 1240. The van der Waals surface area contributed by atoms with Crippen LogP contribution in [0.15, 0.2) is 72.8 Å². The fraction of sp³-hybridized carbons (Fsp3) is 0.700. The average molecular weight is 884 g/mol. The molecule has 62 heavy (non-hydrogen) atoms. The van der Waals surface area contributed by atoms with Gasteiger partial charge in [0.15, 0.2) is 7.38 Å². The third-order valence-corrected chi connectivity index (χ3v) is 18.2. The maximum Gasteiger partial charge on any atom is 0.169 e. The molecule has 0 nitrogen and oxygen atoms in total. The van der Waals surface area contributed by atoms with E-state index in [2.05, 4.69) is 93.6 Å². The Hall–Kier alpha value is -1.83. The molecule has 3 aromatic rings. The molecule has 0 amide bonds. The van der Waals surface area contributed by atoms with Crippen LogP contribution >= 0.6 is 11.1 Å². The lowest BCUT2D eigenvalue weighted by molar-refractivity contribution is 0.549. The first-order chi connectivity index (χ1) is 30.5. The van der Waals surface area contributed by atoms with Crippen molar-refractivity contribution in [3.8, 4) is 0 Å². The molecule has 0 N–H and O–H groups in total. The normalized spacial score (nSPS) is 11.8. The van der Waals surface area contributed by atoms with Gasteiger partial charge in [0.25, 0.3) is 0 Å². The van der Waals surface area contributed by atoms with E-state index in [-0.39, 0.29) is 0 Å². The van der Waals surface area contributed by atoms with Crippen LogP contribution in [-0.2, 0) is 37.4 Å². The van der Waals surface area contributed by atoms with Crippen molar-refractivity contribution < 1.29 is 0 Å². The summed E-state index contributed by atoms with van der Waals surface area (Å²) in [6.45, 7) is 6.92. The van der Waals surface area contributed by atoms with E-state index in [4.69, 9.17) is 11.1 Å². The molecule has 0 saturated heterocycles. The summed E-state index contributed by atoms with van der Waals surface area (Å²) in [5.41, 5.74) is 8.76. The van der Waals surface area contributed by atoms with E-state index in [9.17, 15) is 0 Å². The quantitative estimate of drug-likeness (QED) is 0.0302. The summed E-state index contributed by atoms with van der Waals surface area (Å²) in [5, 5.41) is 0. The summed E-state index contributed by atoms with van der Waals surface area (Å²) in [7, 11) is -2.22. The molecule has 350 valence electrons. The minimum atomic E-state index is -2.22. The molecule has 2 heteroatoms. The minimum Gasteiger partial charge on any atom is -0.166 e. The van der Waals surface area contributed by atoms with Crippen molar-refractivity contribution in [3.63, 3.8) is 0 Å². The summed E-state index contributed by atoms with van der Waals surface area (Å²) in [4.78, 5) is 0. The zero-order valence-corrected chi connectivity index (χ0v) is 43.1. The monoisotopic (exact) mass is 883 g/mol. The van der Waals surface area contributed by atoms with Gasteiger partial charge in [-0.15, -0.1) is 0 Å². The maximum absolute atomic E-state index is 7.96. The molecular weight excluding hydrogens is 784 g/mol. The van der Waals surface area contributed by atoms with Gasteiger partial charge in [-0.25, -0.2) is 0 Å². The van der Waals surface area contributed by atoms with E-state index in [1.807, 2.05) is 0 Å². The van der Waals surface area contributed by atoms with Crippen LogP contribution in [0.4, 0.5) is 0 Å². The molecule has 0 aliphatic carbocycles. The van der Waals surface area contributed by atoms with Crippen molar-refractivity contribution in [1.82, 2.24) is 0 Å². The molecule has 0 aromatic heterocycles. The van der Waals surface area contributed by atoms with Gasteiger partial charge in [-0.3, -0.25) is 0 Å². The smallest absolute Gasteiger partial charge is 0.166 e. The van der Waals surface area contributed by atoms with E-state index in [1.54, 1.807) is 0 Å². The van der Waals surface area contributed by atoms with Crippen molar-refractivity contribution in [1.29, 1.82) is 0 Å². The van der Waals surface area contributed by atoms with Gasteiger partial charge in [-0.05, 0) is 90.0 Å². The summed E-state index contributed by atoms with van der Waals surface area (Å²) in [6, 6.07) is 32.0. The standard InChI is InChI=1S/C60H99ClSi/c1-4-7-10-13-16-19-22-25-28-31-34-37-55-40-46-58(47-41-55)52-62(61,53-59-48-42-56(43-49-59)38-35-32-29-26-23-20-17-14-11-8-5-2)54-60-50-44-57(45-51-60)39-36-33-30-27-24-21-18-15-12-9-6-3/h40-51H,4-39,52-54H2,1-3H3. The Morgan fingerprint density at radius 3 is 0.597 bits per heavy atom. The Morgan fingerprint density at radius 1 is 0.242 bits per heavy atom. The number of hydrogen-bond donors (Lipinski definition) is 0. The number of halogens is 1. The third kappa shape index (κ3) is 28.2. The molecule has 0 atom stereocenters. The van der Waals surface area contributed by atoms with Crippen LogP contribution in [0, 0.1) is 0 Å². The van der Waals surface area contributed by atoms with Crippen molar-refractivity contribution in [2.24, 2.45) is 0 Å². The molecule has 0 aliphatic rings. The van der Waals surface area contributed by atoms with Gasteiger partial charge in [-0.2, -0.15) is 11.1 Å². The van der Waals surface area contributed by atoms with Crippen molar-refractivity contribution >= 4 is 18.5 Å². The Labute approximate surface area is 392 Å². The summed E-state index contributed by atoms with van der Waals surface area (Å²) >= 11 is 7.96. The molecule has 0 bridgehead atoms. The van der Waals surface area contributed by atoms with E-state index in [0.29, 0.717) is 0 Å². The van der Waals surface area contributed by atoms with Gasteiger partial charge in [0.1, 0.15) is 0 Å². The lowest BCUT2D eigenvalue weighted by Crippen LogP contribution is -2.37. The predicted octanol–water partition coefficient (Wildman–Crippen LogP) is 20.1. The lowest BCUT2D eigenvalue weighted by atomic mass is 10.0. The summed E-state index contributed by atoms with van der Waals surface area (Å²) in [6.07, 6.45) is 49.9. The highest BCUT2D eigenvalue weighted by atomic mass is 35.6. The fourth-order valence-electron chi connectivity index (χ4n) is 9.74. The first kappa shape index (κ1) is 54.5. The molecule has 0 unspecified atom stereocenters. The lowest BCUT2D eigenvalue weighted by Gasteiger charge is -2.26. The number of rotatable bonds is 42. The average Bonchev–Trinajstić information content (AvgIpc) is 3.28. The second-order valence-corrected chi connectivity index (χ2v) is 25.8. The molecule has 3 rings (SSSR count). The van der Waals surface area contributed by atoms with Crippen LogP contribution in [0.5, 0.6) is 0 Å². The van der Waals surface area contributed by atoms with Crippen molar-refractivity contribution in [2.45, 2.75) is 270 Å². The van der Waals surface area contributed by atoms with E-state index in [0.717, 1.165) is 18.1 Å². The van der Waals surface area contributed by atoms with Crippen LogP contribution < -0.4 is 0 Å². The Morgan fingerprint density at radius 2 is 0.403 bits per heavy atom. The van der Waals surface area contributed by atoms with E-state index >= 15 is 0 Å². The van der Waals surface area contributed by atoms with Crippen LogP contribution in [0.1, 0.15) is 266 Å². The molecule has 0 fully saturated rings. The van der Waals surface area contributed by atoms with Gasteiger partial charge >= 0.3 is 0 Å². The largest absolute Gasteiger partial charge is 0.169 e. The second kappa shape index (κ2) is 37.4. The Balaban J connectivity index is 1.47. The number of aryl methyl sites for hydroxylation is 3. The molecular formula is C60H99ClSi. The second-order valence-electron chi connectivity index (χ2n) is 20.0. The van der Waals surface area contributed by atoms with Gasteiger partial charge in [-0.1, -0.05) is 286 Å². The van der Waals surface area contributed by atoms with Gasteiger partial charge in [0, 0.05) is 0 Å².